The Balaban J connectivity index is 4.04. The average molecular weight is 359 g/mol. The lowest BCUT2D eigenvalue weighted by Crippen LogP contribution is -2.53. The molecule has 0 saturated heterocycles. The maximum Gasteiger partial charge on any atom is 0.407 e. The Kier molecular flexibility index (Phi) is 8.80. The van der Waals surface area contributed by atoms with Gasteiger partial charge in [0.1, 0.15) is 13.2 Å². The van der Waals surface area contributed by atoms with E-state index in [4.69, 9.17) is 11.3 Å². The van der Waals surface area contributed by atoms with Crippen molar-refractivity contribution in [1.82, 2.24) is 10.6 Å². The zero-order chi connectivity index (χ0) is 20.4. The molecule has 0 aromatic rings. The molecule has 25 heavy (non-hydrogen) atoms. The first-order valence-corrected chi connectivity index (χ1v) is 8.17. The molecule has 2 amide bonds. The first-order chi connectivity index (χ1) is 12.0. The van der Waals surface area contributed by atoms with Gasteiger partial charge in [-0.15, -0.1) is 0 Å². The van der Waals surface area contributed by atoms with Crippen LogP contribution in [-0.2, 0) is 14.3 Å². The number of ether oxygens (including phenoxy) is 2. The van der Waals surface area contributed by atoms with Crippen molar-refractivity contribution in [1.29, 1.82) is 0 Å². The molecule has 8 heteroatoms. The smallest absolute Gasteiger partial charge is 0.407 e. The number of alkyl carbamates (subject to hydrolysis) is 1. The fourth-order valence-electron chi connectivity index (χ4n) is 1.97. The average Bonchev–Trinajstić information content (AvgIpc) is 2.56. The minimum Gasteiger partial charge on any atom is -0.465 e. The second-order valence-electron chi connectivity index (χ2n) is 6.73. The van der Waals surface area contributed by atoms with Crippen LogP contribution in [0, 0.1) is 5.41 Å². The van der Waals surface area contributed by atoms with Gasteiger partial charge < -0.3 is 25.2 Å². The van der Waals surface area contributed by atoms with Crippen LogP contribution < -0.4 is 10.6 Å². The highest BCUT2D eigenvalue weighted by atomic mass is 16.6. The number of carbonyl (C=O) groups excluding carboxylic acids is 2. The Morgan fingerprint density at radius 2 is 1.76 bits per heavy atom. The summed E-state index contributed by atoms with van der Waals surface area (Å²) >= 11 is 0. The van der Waals surface area contributed by atoms with Crippen molar-refractivity contribution in [2.75, 3.05) is 19.8 Å². The van der Waals surface area contributed by atoms with E-state index in [1.807, 2.05) is 13.8 Å². The summed E-state index contributed by atoms with van der Waals surface area (Å²) < 4.78 is 17.2. The Morgan fingerprint density at radius 3 is 2.32 bits per heavy atom. The van der Waals surface area contributed by atoms with Crippen molar-refractivity contribution >= 4 is 18.2 Å². The standard InChI is InChI=1S/C17H30N2O6/c1-6-13(20)24-11-12-25-15(23)18-10-8-7-9-16(2,3)17(4,5)19-14(21)22/h6,19H,1,7-12H2,2-5H3,(H,18,23)(H,21,22)/i/hD. The second-order valence-corrected chi connectivity index (χ2v) is 6.73. The second kappa shape index (κ2) is 10.6. The summed E-state index contributed by atoms with van der Waals surface area (Å²) in [5.74, 6) is -0.575. The van der Waals surface area contributed by atoms with Crippen molar-refractivity contribution < 1.29 is 30.4 Å². The lowest BCUT2D eigenvalue weighted by atomic mass is 9.71. The first-order valence-electron chi connectivity index (χ1n) is 8.62. The first kappa shape index (κ1) is 20.8. The highest BCUT2D eigenvalue weighted by Crippen LogP contribution is 2.35. The van der Waals surface area contributed by atoms with E-state index in [0.29, 0.717) is 24.7 Å². The lowest BCUT2D eigenvalue weighted by molar-refractivity contribution is -0.138. The number of amides is 2. The zero-order valence-electron chi connectivity index (χ0n) is 16.5. The number of hydrogen-bond donors (Lipinski definition) is 3. The molecule has 0 saturated carbocycles. The predicted octanol–water partition coefficient (Wildman–Crippen LogP) is 2.68. The molecule has 0 radical (unpaired) electrons. The van der Waals surface area contributed by atoms with Gasteiger partial charge in [0.05, 0.1) is 0 Å². The molecule has 0 bridgehead atoms. The summed E-state index contributed by atoms with van der Waals surface area (Å²) in [4.78, 5) is 33.3. The number of nitrogens with one attached hydrogen (secondary N) is 2. The summed E-state index contributed by atoms with van der Waals surface area (Å²) in [5.41, 5.74) is -1.27. The highest BCUT2D eigenvalue weighted by Gasteiger charge is 2.37. The summed E-state index contributed by atoms with van der Waals surface area (Å²) in [7, 11) is 0. The van der Waals surface area contributed by atoms with Gasteiger partial charge in [0.2, 0.25) is 0 Å². The monoisotopic (exact) mass is 359 g/mol. The zero-order valence-corrected chi connectivity index (χ0v) is 15.5. The largest absolute Gasteiger partial charge is 0.465 e. The van der Waals surface area contributed by atoms with Crippen LogP contribution in [0.25, 0.3) is 0 Å². The number of rotatable bonds is 11. The fourth-order valence-corrected chi connectivity index (χ4v) is 1.97. The molecule has 0 atom stereocenters. The summed E-state index contributed by atoms with van der Waals surface area (Å²) in [6.07, 6.45) is 1.27. The van der Waals surface area contributed by atoms with Gasteiger partial charge in [0, 0.05) is 18.2 Å². The van der Waals surface area contributed by atoms with Gasteiger partial charge in [-0.2, -0.15) is 0 Å². The van der Waals surface area contributed by atoms with E-state index < -0.39 is 29.1 Å². The fraction of sp³-hybridized carbons (Fsp3) is 0.706. The summed E-state index contributed by atoms with van der Waals surface area (Å²) in [6, 6.07) is 0. The molecule has 0 fully saturated rings. The molecular weight excluding hydrogens is 328 g/mol. The highest BCUT2D eigenvalue weighted by molar-refractivity contribution is 5.81. The molecule has 0 aliphatic rings. The van der Waals surface area contributed by atoms with Crippen LogP contribution in [0.2, 0.25) is 1.41 Å². The van der Waals surface area contributed by atoms with Gasteiger partial charge in [-0.3, -0.25) is 0 Å². The molecule has 0 aliphatic carbocycles. The van der Waals surface area contributed by atoms with E-state index in [2.05, 4.69) is 16.6 Å². The molecule has 0 aliphatic heterocycles. The van der Waals surface area contributed by atoms with Crippen LogP contribution in [0.1, 0.15) is 47.0 Å². The molecule has 0 aromatic heterocycles. The van der Waals surface area contributed by atoms with E-state index in [-0.39, 0.29) is 13.2 Å². The lowest BCUT2D eigenvalue weighted by Gasteiger charge is -2.41. The molecule has 144 valence electrons. The van der Waals surface area contributed by atoms with Crippen LogP contribution in [0.3, 0.4) is 0 Å². The maximum absolute atomic E-state index is 11.5. The van der Waals surface area contributed by atoms with Crippen LogP contribution in [0.4, 0.5) is 9.59 Å². The van der Waals surface area contributed by atoms with Gasteiger partial charge in [0.25, 0.3) is 0 Å². The number of unbranched alkanes of at least 4 members (excludes halogenated alkanes) is 1. The van der Waals surface area contributed by atoms with Crippen molar-refractivity contribution in [3.63, 3.8) is 0 Å². The Morgan fingerprint density at radius 1 is 1.16 bits per heavy atom. The van der Waals surface area contributed by atoms with Crippen LogP contribution in [-0.4, -0.2) is 48.6 Å². The van der Waals surface area contributed by atoms with E-state index >= 15 is 0 Å². The normalized spacial score (nSPS) is 11.9. The van der Waals surface area contributed by atoms with Gasteiger partial charge in [-0.25, -0.2) is 14.4 Å². The number of carboxylic acid groups (broad SMARTS) is 1. The molecule has 0 unspecified atom stereocenters. The van der Waals surface area contributed by atoms with E-state index in [1.165, 1.54) is 0 Å². The van der Waals surface area contributed by atoms with Crippen molar-refractivity contribution in [3.05, 3.63) is 12.7 Å². The molecular formula is C17H30N2O6. The van der Waals surface area contributed by atoms with Gasteiger partial charge in [-0.1, -0.05) is 26.8 Å². The quantitative estimate of drug-likeness (QED) is 0.297. The van der Waals surface area contributed by atoms with E-state index in [1.54, 1.807) is 13.8 Å². The van der Waals surface area contributed by atoms with Crippen molar-refractivity contribution in [2.45, 2.75) is 52.5 Å². The molecule has 8 nitrogen and oxygen atoms in total. The Hall–Kier alpha value is -2.25. The Labute approximate surface area is 150 Å². The van der Waals surface area contributed by atoms with Gasteiger partial charge in [0.15, 0.2) is 1.41 Å². The van der Waals surface area contributed by atoms with Crippen LogP contribution in [0.15, 0.2) is 12.7 Å². The maximum atomic E-state index is 11.5. The predicted molar refractivity (Wildman–Crippen MR) is 93.4 cm³/mol. The topological polar surface area (TPSA) is 114 Å². The third-order valence-corrected chi connectivity index (χ3v) is 4.26. The minimum absolute atomic E-state index is 0.0330. The molecule has 3 N–H and O–H groups in total. The summed E-state index contributed by atoms with van der Waals surface area (Å²) in [5, 5.41) is 12.2. The van der Waals surface area contributed by atoms with Crippen molar-refractivity contribution in [3.8, 4) is 0 Å². The number of esters is 1. The van der Waals surface area contributed by atoms with Gasteiger partial charge >= 0.3 is 18.2 Å². The molecule has 0 heterocycles. The molecule has 0 aromatic carbocycles. The number of carbonyl (C=O) groups is 3. The third-order valence-electron chi connectivity index (χ3n) is 4.26. The summed E-state index contributed by atoms with van der Waals surface area (Å²) in [6.45, 7) is 10.9. The van der Waals surface area contributed by atoms with E-state index in [9.17, 15) is 14.4 Å². The van der Waals surface area contributed by atoms with Crippen LogP contribution >= 0.6 is 0 Å². The van der Waals surface area contributed by atoms with E-state index in [0.717, 1.165) is 12.5 Å². The molecule has 0 rings (SSSR count). The molecule has 0 spiro atoms. The minimum atomic E-state index is -1.29. The van der Waals surface area contributed by atoms with Crippen LogP contribution in [0.5, 0.6) is 0 Å². The SMILES string of the molecule is [2H]N(C(=O)O)C(C)(C)C(C)(C)CCCCNC(=O)OCCOC(=O)C=C. The van der Waals surface area contributed by atoms with Crippen molar-refractivity contribution in [2.24, 2.45) is 5.41 Å². The Bertz CT molecular complexity index is 507. The number of hydrogen-bond acceptors (Lipinski definition) is 5. The van der Waals surface area contributed by atoms with Gasteiger partial charge in [-0.05, 0) is 32.1 Å². The third kappa shape index (κ3) is 9.59.